The minimum Gasteiger partial charge on any atom is -0.383 e. The average molecular weight is 247 g/mol. The normalized spacial score (nSPS) is 22.2. The second kappa shape index (κ2) is 5.85. The Bertz CT molecular complexity index is 391. The smallest absolute Gasteiger partial charge is 0.0587 e. The van der Waals surface area contributed by atoms with Crippen LogP contribution < -0.4 is 5.32 Å². The van der Waals surface area contributed by atoms with E-state index < -0.39 is 0 Å². The highest BCUT2D eigenvalue weighted by atomic mass is 16.5. The molecular weight excluding hydrogens is 222 g/mol. The van der Waals surface area contributed by atoms with E-state index in [-0.39, 0.29) is 0 Å². The highest BCUT2D eigenvalue weighted by molar-refractivity contribution is 5.42. The Balaban J connectivity index is 1.91. The number of aryl methyl sites for hydroxylation is 3. The molecule has 1 aromatic carbocycles. The van der Waals surface area contributed by atoms with Crippen molar-refractivity contribution in [3.05, 3.63) is 34.4 Å². The Morgan fingerprint density at radius 2 is 1.89 bits per heavy atom. The molecule has 1 saturated carbocycles. The first-order valence-corrected chi connectivity index (χ1v) is 6.91. The van der Waals surface area contributed by atoms with Crippen LogP contribution in [0.1, 0.15) is 34.6 Å². The predicted molar refractivity (Wildman–Crippen MR) is 76.2 cm³/mol. The molecule has 0 radical (unpaired) electrons. The summed E-state index contributed by atoms with van der Waals surface area (Å²) in [6.45, 7) is 9.58. The lowest BCUT2D eigenvalue weighted by atomic mass is 9.95. The number of hydrogen-bond donors (Lipinski definition) is 1. The number of rotatable bonds is 6. The van der Waals surface area contributed by atoms with Crippen molar-refractivity contribution in [1.82, 2.24) is 5.32 Å². The van der Waals surface area contributed by atoms with Crippen LogP contribution in [0.4, 0.5) is 0 Å². The third-order valence-corrected chi connectivity index (χ3v) is 3.92. The van der Waals surface area contributed by atoms with Crippen LogP contribution in [-0.2, 0) is 4.74 Å². The summed E-state index contributed by atoms with van der Waals surface area (Å²) in [5.74, 6) is 1.60. The predicted octanol–water partition coefficient (Wildman–Crippen LogP) is 2.95. The van der Waals surface area contributed by atoms with Crippen molar-refractivity contribution in [1.29, 1.82) is 0 Å². The molecule has 2 unspecified atom stereocenters. The van der Waals surface area contributed by atoms with Crippen molar-refractivity contribution in [2.75, 3.05) is 26.8 Å². The summed E-state index contributed by atoms with van der Waals surface area (Å²) < 4.78 is 5.04. The number of benzene rings is 1. The molecule has 1 aliphatic carbocycles. The summed E-state index contributed by atoms with van der Waals surface area (Å²) >= 11 is 0. The Morgan fingerprint density at radius 3 is 2.50 bits per heavy atom. The Morgan fingerprint density at radius 1 is 1.22 bits per heavy atom. The molecule has 0 aliphatic heterocycles. The Labute approximate surface area is 111 Å². The fourth-order valence-electron chi connectivity index (χ4n) is 3.06. The fourth-order valence-corrected chi connectivity index (χ4v) is 3.06. The van der Waals surface area contributed by atoms with Gasteiger partial charge in [0, 0.05) is 13.7 Å². The van der Waals surface area contributed by atoms with Gasteiger partial charge in [0.2, 0.25) is 0 Å². The summed E-state index contributed by atoms with van der Waals surface area (Å²) in [6, 6.07) is 4.63. The van der Waals surface area contributed by atoms with Gasteiger partial charge in [0.25, 0.3) is 0 Å². The monoisotopic (exact) mass is 247 g/mol. The first kappa shape index (κ1) is 13.6. The zero-order valence-corrected chi connectivity index (χ0v) is 12.0. The van der Waals surface area contributed by atoms with Crippen LogP contribution >= 0.6 is 0 Å². The van der Waals surface area contributed by atoms with Gasteiger partial charge in [-0.05, 0) is 62.3 Å². The van der Waals surface area contributed by atoms with E-state index in [0.717, 1.165) is 31.5 Å². The SMILES string of the molecule is COCCNCC1CC1c1c(C)cc(C)cc1C. The molecular formula is C16H25NO. The van der Waals surface area contributed by atoms with E-state index >= 15 is 0 Å². The number of hydrogen-bond acceptors (Lipinski definition) is 2. The van der Waals surface area contributed by atoms with Crippen LogP contribution in [0.25, 0.3) is 0 Å². The molecule has 2 heteroatoms. The van der Waals surface area contributed by atoms with Crippen molar-refractivity contribution in [2.24, 2.45) is 5.92 Å². The highest BCUT2D eigenvalue weighted by Gasteiger charge is 2.39. The van der Waals surface area contributed by atoms with Crippen molar-refractivity contribution >= 4 is 0 Å². The largest absolute Gasteiger partial charge is 0.383 e. The van der Waals surface area contributed by atoms with Crippen molar-refractivity contribution in [2.45, 2.75) is 33.1 Å². The first-order valence-electron chi connectivity index (χ1n) is 6.91. The molecule has 1 N–H and O–H groups in total. The number of methoxy groups -OCH3 is 1. The Hall–Kier alpha value is -0.860. The van der Waals surface area contributed by atoms with Crippen molar-refractivity contribution in [3.8, 4) is 0 Å². The van der Waals surface area contributed by atoms with Gasteiger partial charge in [-0.3, -0.25) is 0 Å². The Kier molecular flexibility index (Phi) is 4.41. The van der Waals surface area contributed by atoms with Gasteiger partial charge in [0.15, 0.2) is 0 Å². The maximum Gasteiger partial charge on any atom is 0.0587 e. The molecule has 0 bridgehead atoms. The van der Waals surface area contributed by atoms with Crippen LogP contribution in [0.15, 0.2) is 12.1 Å². The molecule has 1 aromatic rings. The van der Waals surface area contributed by atoms with Crippen LogP contribution in [0, 0.1) is 26.7 Å². The van der Waals surface area contributed by atoms with E-state index in [1.807, 2.05) is 0 Å². The van der Waals surface area contributed by atoms with Crippen molar-refractivity contribution < 1.29 is 4.74 Å². The molecule has 100 valence electrons. The number of ether oxygens (including phenoxy) is 1. The van der Waals surface area contributed by atoms with E-state index in [1.54, 1.807) is 12.7 Å². The van der Waals surface area contributed by atoms with E-state index in [9.17, 15) is 0 Å². The van der Waals surface area contributed by atoms with E-state index in [2.05, 4.69) is 38.2 Å². The first-order chi connectivity index (χ1) is 8.63. The van der Waals surface area contributed by atoms with Gasteiger partial charge < -0.3 is 10.1 Å². The van der Waals surface area contributed by atoms with Crippen LogP contribution in [0.5, 0.6) is 0 Å². The van der Waals surface area contributed by atoms with Crippen LogP contribution in [0.3, 0.4) is 0 Å². The van der Waals surface area contributed by atoms with Gasteiger partial charge in [-0.25, -0.2) is 0 Å². The summed E-state index contributed by atoms with van der Waals surface area (Å²) in [6.07, 6.45) is 1.34. The molecule has 1 fully saturated rings. The summed E-state index contributed by atoms with van der Waals surface area (Å²) in [7, 11) is 1.75. The summed E-state index contributed by atoms with van der Waals surface area (Å²) in [4.78, 5) is 0. The maximum atomic E-state index is 5.04. The topological polar surface area (TPSA) is 21.3 Å². The maximum absolute atomic E-state index is 5.04. The fraction of sp³-hybridized carbons (Fsp3) is 0.625. The lowest BCUT2D eigenvalue weighted by Gasteiger charge is -2.11. The van der Waals surface area contributed by atoms with Crippen molar-refractivity contribution in [3.63, 3.8) is 0 Å². The second-order valence-corrected chi connectivity index (χ2v) is 5.61. The van der Waals surface area contributed by atoms with Crippen LogP contribution in [-0.4, -0.2) is 26.8 Å². The van der Waals surface area contributed by atoms with Gasteiger partial charge in [-0.2, -0.15) is 0 Å². The lowest BCUT2D eigenvalue weighted by molar-refractivity contribution is 0.199. The molecule has 2 nitrogen and oxygen atoms in total. The zero-order chi connectivity index (χ0) is 13.1. The summed E-state index contributed by atoms with van der Waals surface area (Å²) in [5, 5.41) is 3.47. The number of nitrogens with one attached hydrogen (secondary N) is 1. The minimum atomic E-state index is 0.778. The van der Waals surface area contributed by atoms with Crippen LogP contribution in [0.2, 0.25) is 0 Å². The van der Waals surface area contributed by atoms with E-state index in [4.69, 9.17) is 4.74 Å². The molecule has 1 aliphatic rings. The molecule has 18 heavy (non-hydrogen) atoms. The molecule has 2 rings (SSSR count). The molecule has 0 spiro atoms. The van der Waals surface area contributed by atoms with E-state index in [1.165, 1.54) is 23.1 Å². The molecule has 0 heterocycles. The molecule has 0 aromatic heterocycles. The molecule has 0 amide bonds. The molecule has 0 saturated heterocycles. The highest BCUT2D eigenvalue weighted by Crippen LogP contribution is 2.49. The second-order valence-electron chi connectivity index (χ2n) is 5.61. The van der Waals surface area contributed by atoms with E-state index in [0.29, 0.717) is 0 Å². The minimum absolute atomic E-state index is 0.778. The average Bonchev–Trinajstić information content (AvgIpc) is 3.02. The summed E-state index contributed by atoms with van der Waals surface area (Å²) in [5.41, 5.74) is 5.91. The standard InChI is InChI=1S/C16H25NO/c1-11-7-12(2)16(13(3)8-11)15-9-14(15)10-17-5-6-18-4/h7-8,14-15,17H,5-6,9-10H2,1-4H3. The quantitative estimate of drug-likeness (QED) is 0.780. The van der Waals surface area contributed by atoms with Gasteiger partial charge in [-0.15, -0.1) is 0 Å². The third kappa shape index (κ3) is 3.12. The third-order valence-electron chi connectivity index (χ3n) is 3.92. The lowest BCUT2D eigenvalue weighted by Crippen LogP contribution is -2.21. The van der Waals surface area contributed by atoms with Gasteiger partial charge >= 0.3 is 0 Å². The van der Waals surface area contributed by atoms with Gasteiger partial charge in [-0.1, -0.05) is 17.7 Å². The van der Waals surface area contributed by atoms with Gasteiger partial charge in [0.05, 0.1) is 6.61 Å². The zero-order valence-electron chi connectivity index (χ0n) is 12.0. The van der Waals surface area contributed by atoms with Gasteiger partial charge in [0.1, 0.15) is 0 Å². The molecule has 2 atom stereocenters.